The number of hydrogen-bond acceptors (Lipinski definition) is 4. The van der Waals surface area contributed by atoms with Crippen molar-refractivity contribution in [2.24, 2.45) is 0 Å². The number of para-hydroxylation sites is 1. The molecule has 0 fully saturated rings. The van der Waals surface area contributed by atoms with Gasteiger partial charge in [-0.15, -0.1) is 11.6 Å². The van der Waals surface area contributed by atoms with E-state index in [1.54, 1.807) is 12.4 Å². The van der Waals surface area contributed by atoms with Gasteiger partial charge in [0.25, 0.3) is 0 Å². The SMILES string of the molecule is CC1(C)Cc2cccc(Oc3cnc(CCl)cn3)c2O1. The number of ether oxygens (including phenoxy) is 2. The quantitative estimate of drug-likeness (QED) is 0.808. The zero-order chi connectivity index (χ0) is 14.2. The standard InChI is InChI=1S/C15H15ClN2O2/c1-15(2)6-10-4-3-5-12(14(10)20-15)19-13-9-17-11(7-16)8-18-13/h3-5,8-9H,6-7H2,1-2H3. The van der Waals surface area contributed by atoms with Gasteiger partial charge in [-0.05, 0) is 19.9 Å². The number of benzene rings is 1. The van der Waals surface area contributed by atoms with Crippen LogP contribution in [0.4, 0.5) is 0 Å². The van der Waals surface area contributed by atoms with Crippen LogP contribution in [-0.2, 0) is 12.3 Å². The van der Waals surface area contributed by atoms with Gasteiger partial charge in [0.15, 0.2) is 11.5 Å². The maximum absolute atomic E-state index is 5.95. The molecule has 0 radical (unpaired) electrons. The van der Waals surface area contributed by atoms with E-state index in [0.29, 0.717) is 17.5 Å². The third-order valence-electron chi connectivity index (χ3n) is 3.09. The maximum Gasteiger partial charge on any atom is 0.238 e. The van der Waals surface area contributed by atoms with Crippen LogP contribution < -0.4 is 9.47 Å². The summed E-state index contributed by atoms with van der Waals surface area (Å²) < 4.78 is 11.7. The zero-order valence-electron chi connectivity index (χ0n) is 11.4. The summed E-state index contributed by atoms with van der Waals surface area (Å²) in [6, 6.07) is 5.88. The number of halogens is 1. The van der Waals surface area contributed by atoms with Gasteiger partial charge in [0, 0.05) is 12.0 Å². The first-order valence-corrected chi connectivity index (χ1v) is 6.96. The molecule has 0 N–H and O–H groups in total. The van der Waals surface area contributed by atoms with Gasteiger partial charge in [0.1, 0.15) is 5.60 Å². The van der Waals surface area contributed by atoms with Crippen molar-refractivity contribution in [2.75, 3.05) is 0 Å². The zero-order valence-corrected chi connectivity index (χ0v) is 12.1. The Kier molecular flexibility index (Phi) is 3.26. The van der Waals surface area contributed by atoms with Crippen molar-refractivity contribution in [1.29, 1.82) is 0 Å². The molecule has 5 heteroatoms. The molecule has 1 aromatic heterocycles. The molecule has 0 aliphatic carbocycles. The van der Waals surface area contributed by atoms with Crippen molar-refractivity contribution in [3.8, 4) is 17.4 Å². The topological polar surface area (TPSA) is 44.2 Å². The summed E-state index contributed by atoms with van der Waals surface area (Å²) in [6.45, 7) is 4.12. The molecule has 104 valence electrons. The van der Waals surface area contributed by atoms with Crippen LogP contribution in [0.5, 0.6) is 17.4 Å². The first-order valence-electron chi connectivity index (χ1n) is 6.43. The second-order valence-corrected chi connectivity index (χ2v) is 5.63. The highest BCUT2D eigenvalue weighted by Crippen LogP contribution is 2.42. The molecular weight excluding hydrogens is 276 g/mol. The highest BCUT2D eigenvalue weighted by molar-refractivity contribution is 6.16. The largest absolute Gasteiger partial charge is 0.483 e. The third-order valence-corrected chi connectivity index (χ3v) is 3.36. The molecule has 0 bridgehead atoms. The van der Waals surface area contributed by atoms with E-state index in [4.69, 9.17) is 21.1 Å². The summed E-state index contributed by atoms with van der Waals surface area (Å²) in [5.41, 5.74) is 1.67. The number of aromatic nitrogens is 2. The third kappa shape index (κ3) is 2.56. The molecule has 0 amide bonds. The van der Waals surface area contributed by atoms with Gasteiger partial charge in [-0.25, -0.2) is 4.98 Å². The Labute approximate surface area is 122 Å². The van der Waals surface area contributed by atoms with Crippen LogP contribution in [-0.4, -0.2) is 15.6 Å². The highest BCUT2D eigenvalue weighted by atomic mass is 35.5. The molecule has 4 nitrogen and oxygen atoms in total. The number of alkyl halides is 1. The monoisotopic (exact) mass is 290 g/mol. The first kappa shape index (κ1) is 13.2. The Morgan fingerprint density at radius 1 is 1.30 bits per heavy atom. The molecule has 0 spiro atoms. The van der Waals surface area contributed by atoms with E-state index in [2.05, 4.69) is 29.9 Å². The van der Waals surface area contributed by atoms with E-state index < -0.39 is 0 Å². The molecule has 1 aliphatic rings. The fourth-order valence-electron chi connectivity index (χ4n) is 2.25. The minimum absolute atomic E-state index is 0.198. The van der Waals surface area contributed by atoms with E-state index in [9.17, 15) is 0 Å². The number of hydrogen-bond donors (Lipinski definition) is 0. The molecule has 2 aromatic rings. The van der Waals surface area contributed by atoms with Gasteiger partial charge < -0.3 is 9.47 Å². The predicted octanol–water partition coefficient (Wildman–Crippen LogP) is 3.72. The van der Waals surface area contributed by atoms with Crippen LogP contribution in [0.25, 0.3) is 0 Å². The molecular formula is C15H15ClN2O2. The summed E-state index contributed by atoms with van der Waals surface area (Å²) in [7, 11) is 0. The van der Waals surface area contributed by atoms with Gasteiger partial charge in [-0.2, -0.15) is 0 Å². The van der Waals surface area contributed by atoms with Crippen LogP contribution >= 0.6 is 11.6 Å². The van der Waals surface area contributed by atoms with Crippen molar-refractivity contribution >= 4 is 11.6 Å². The fraction of sp³-hybridized carbons (Fsp3) is 0.333. The lowest BCUT2D eigenvalue weighted by atomic mass is 10.0. The average molecular weight is 291 g/mol. The van der Waals surface area contributed by atoms with Crippen molar-refractivity contribution < 1.29 is 9.47 Å². The van der Waals surface area contributed by atoms with Crippen LogP contribution in [0.1, 0.15) is 25.1 Å². The molecule has 0 unspecified atom stereocenters. The second kappa shape index (κ2) is 4.94. The van der Waals surface area contributed by atoms with Gasteiger partial charge >= 0.3 is 0 Å². The van der Waals surface area contributed by atoms with Crippen LogP contribution in [0.2, 0.25) is 0 Å². The van der Waals surface area contributed by atoms with Crippen LogP contribution in [0, 0.1) is 0 Å². The molecule has 0 saturated carbocycles. The molecule has 1 aliphatic heterocycles. The second-order valence-electron chi connectivity index (χ2n) is 5.36. The summed E-state index contributed by atoms with van der Waals surface area (Å²) in [5.74, 6) is 2.23. The van der Waals surface area contributed by atoms with E-state index in [1.807, 2.05) is 12.1 Å². The summed E-state index contributed by atoms with van der Waals surface area (Å²) in [4.78, 5) is 8.34. The summed E-state index contributed by atoms with van der Waals surface area (Å²) in [5, 5.41) is 0. The molecule has 2 heterocycles. The van der Waals surface area contributed by atoms with Gasteiger partial charge in [-0.3, -0.25) is 4.98 Å². The normalized spacial score (nSPS) is 15.6. The molecule has 0 saturated heterocycles. The highest BCUT2D eigenvalue weighted by Gasteiger charge is 2.32. The molecule has 0 atom stereocenters. The Morgan fingerprint density at radius 2 is 2.15 bits per heavy atom. The molecule has 3 rings (SSSR count). The Hall–Kier alpha value is -1.81. The predicted molar refractivity (Wildman–Crippen MR) is 76.5 cm³/mol. The van der Waals surface area contributed by atoms with E-state index >= 15 is 0 Å². The first-order chi connectivity index (χ1) is 9.57. The van der Waals surface area contributed by atoms with Crippen LogP contribution in [0.15, 0.2) is 30.6 Å². The number of rotatable bonds is 3. The number of nitrogens with zero attached hydrogens (tertiary/aromatic N) is 2. The van der Waals surface area contributed by atoms with Crippen molar-refractivity contribution in [2.45, 2.75) is 31.7 Å². The Balaban J connectivity index is 1.87. The van der Waals surface area contributed by atoms with Crippen molar-refractivity contribution in [3.63, 3.8) is 0 Å². The minimum Gasteiger partial charge on any atom is -0.483 e. The average Bonchev–Trinajstić information content (AvgIpc) is 2.75. The van der Waals surface area contributed by atoms with E-state index in [1.165, 1.54) is 0 Å². The Bertz CT molecular complexity index is 626. The van der Waals surface area contributed by atoms with Gasteiger partial charge in [0.2, 0.25) is 5.88 Å². The van der Waals surface area contributed by atoms with Gasteiger partial charge in [-0.1, -0.05) is 12.1 Å². The summed E-state index contributed by atoms with van der Waals surface area (Å²) in [6.07, 6.45) is 4.05. The van der Waals surface area contributed by atoms with Gasteiger partial charge in [0.05, 0.1) is 24.0 Å². The van der Waals surface area contributed by atoms with E-state index in [-0.39, 0.29) is 5.60 Å². The lowest BCUT2D eigenvalue weighted by molar-refractivity contribution is 0.135. The smallest absolute Gasteiger partial charge is 0.238 e. The van der Waals surface area contributed by atoms with E-state index in [0.717, 1.165) is 23.4 Å². The lowest BCUT2D eigenvalue weighted by Gasteiger charge is -2.18. The molecule has 20 heavy (non-hydrogen) atoms. The molecule has 1 aromatic carbocycles. The number of fused-ring (bicyclic) bond motifs is 1. The van der Waals surface area contributed by atoms with Crippen LogP contribution in [0.3, 0.4) is 0 Å². The van der Waals surface area contributed by atoms with Crippen molar-refractivity contribution in [1.82, 2.24) is 9.97 Å². The summed E-state index contributed by atoms with van der Waals surface area (Å²) >= 11 is 5.68. The Morgan fingerprint density at radius 3 is 2.85 bits per heavy atom. The minimum atomic E-state index is -0.198. The lowest BCUT2D eigenvalue weighted by Crippen LogP contribution is -2.24. The maximum atomic E-state index is 5.95. The van der Waals surface area contributed by atoms with Crippen molar-refractivity contribution in [3.05, 3.63) is 41.9 Å². The fourth-order valence-corrected chi connectivity index (χ4v) is 2.38.